The van der Waals surface area contributed by atoms with Crippen molar-refractivity contribution in [2.24, 2.45) is 0 Å². The molecule has 8 aromatic carbocycles. The molecule has 0 N–H and O–H groups in total. The Hall–Kier alpha value is -8.35. The average molecular weight is 1010 g/mol. The predicted molar refractivity (Wildman–Crippen MR) is 323 cm³/mol. The van der Waals surface area contributed by atoms with Crippen LogP contribution >= 0.6 is 0 Å². The van der Waals surface area contributed by atoms with Crippen molar-refractivity contribution in [3.05, 3.63) is 216 Å². The molecule has 11 aromatic rings. The highest BCUT2D eigenvalue weighted by atomic mass is 15.1. The van der Waals surface area contributed by atoms with Crippen LogP contribution in [0.25, 0.3) is 107 Å². The SMILES string of the molecule is CC(C)(C)c1cc(-c2nc(-c3cc(C(C)(C)C)cc(C(C)(C)C)c3)nc(-c3cc(-c4cc(-c5ccccc5)nc(-c5ccccc5)n4)ccc3-n3c4ccccc4c4cc(-c5ccccc5)ccc43)n2)cc(C(C)(C)C)c1. The highest BCUT2D eigenvalue weighted by Crippen LogP contribution is 2.42. The van der Waals surface area contributed by atoms with Crippen LogP contribution < -0.4 is 0 Å². The van der Waals surface area contributed by atoms with Gasteiger partial charge in [0.2, 0.25) is 0 Å². The lowest BCUT2D eigenvalue weighted by atomic mass is 9.79. The summed E-state index contributed by atoms with van der Waals surface area (Å²) in [7, 11) is 0. The summed E-state index contributed by atoms with van der Waals surface area (Å²) in [4.78, 5) is 27.4. The Morgan fingerprint density at radius 1 is 0.273 bits per heavy atom. The second kappa shape index (κ2) is 19.3. The zero-order valence-electron chi connectivity index (χ0n) is 46.7. The van der Waals surface area contributed by atoms with Crippen molar-refractivity contribution >= 4 is 21.8 Å². The first kappa shape index (κ1) is 50.8. The van der Waals surface area contributed by atoms with E-state index in [1.54, 1.807) is 0 Å². The van der Waals surface area contributed by atoms with Crippen molar-refractivity contribution in [1.82, 2.24) is 29.5 Å². The van der Waals surface area contributed by atoms with Gasteiger partial charge in [0.15, 0.2) is 23.3 Å². The third-order valence-corrected chi connectivity index (χ3v) is 14.9. The van der Waals surface area contributed by atoms with Gasteiger partial charge >= 0.3 is 0 Å². The Labute approximate surface area is 455 Å². The van der Waals surface area contributed by atoms with Gasteiger partial charge in [-0.15, -0.1) is 0 Å². The Kier molecular flexibility index (Phi) is 12.8. The molecule has 0 radical (unpaired) electrons. The molecule has 382 valence electrons. The Morgan fingerprint density at radius 2 is 0.688 bits per heavy atom. The van der Waals surface area contributed by atoms with Gasteiger partial charge in [0.25, 0.3) is 0 Å². The van der Waals surface area contributed by atoms with E-state index in [1.165, 1.54) is 27.8 Å². The minimum Gasteiger partial charge on any atom is -0.309 e. The number of para-hydroxylation sites is 1. The third kappa shape index (κ3) is 10.3. The van der Waals surface area contributed by atoms with Crippen LogP contribution in [0.15, 0.2) is 194 Å². The monoisotopic (exact) mass is 1000 g/mol. The summed E-state index contributed by atoms with van der Waals surface area (Å²) in [6.45, 7) is 27.3. The fourth-order valence-corrected chi connectivity index (χ4v) is 10.2. The normalized spacial score (nSPS) is 12.4. The lowest BCUT2D eigenvalue weighted by molar-refractivity contribution is 0.568. The Balaban J connectivity index is 1.25. The van der Waals surface area contributed by atoms with Gasteiger partial charge in [-0.1, -0.05) is 217 Å². The summed E-state index contributed by atoms with van der Waals surface area (Å²) >= 11 is 0. The van der Waals surface area contributed by atoms with Gasteiger partial charge in [-0.3, -0.25) is 0 Å². The molecule has 0 saturated carbocycles. The van der Waals surface area contributed by atoms with E-state index in [0.717, 1.165) is 77.8 Å². The van der Waals surface area contributed by atoms with Gasteiger partial charge in [-0.2, -0.15) is 0 Å². The zero-order valence-corrected chi connectivity index (χ0v) is 46.7. The predicted octanol–water partition coefficient (Wildman–Crippen LogP) is 18.6. The molecule has 0 aliphatic carbocycles. The summed E-state index contributed by atoms with van der Waals surface area (Å²) in [6, 6.07) is 69.4. The van der Waals surface area contributed by atoms with Crippen LogP contribution in [0, 0.1) is 0 Å². The minimum atomic E-state index is -0.134. The standard InChI is InChI=1S/C71H68N6/c1-68(2,3)52-36-50(37-53(42-52)69(4,5)6)65-74-66(51-38-54(70(7,8)9)43-55(39-51)71(10,11)12)76-67(75-65)58-41-49(60-44-59(46-26-18-14-19-27-46)72-64(73-60)47-28-20-15-21-29-47)33-35-63(58)77-61-31-23-22-30-56(61)57-40-48(32-34-62(57)77)45-24-16-13-17-25-45/h13-44H,1-12H3. The number of nitrogens with zero attached hydrogens (tertiary/aromatic N) is 6. The number of rotatable bonds is 8. The van der Waals surface area contributed by atoms with E-state index in [9.17, 15) is 0 Å². The molecule has 11 rings (SSSR count). The molecule has 0 bridgehead atoms. The van der Waals surface area contributed by atoms with Gasteiger partial charge in [-0.25, -0.2) is 24.9 Å². The first-order valence-corrected chi connectivity index (χ1v) is 27.0. The van der Waals surface area contributed by atoms with Gasteiger partial charge in [0, 0.05) is 44.2 Å². The zero-order chi connectivity index (χ0) is 54.0. The summed E-state index contributed by atoms with van der Waals surface area (Å²) in [5.41, 5.74) is 17.0. The molecular formula is C71H68N6. The van der Waals surface area contributed by atoms with Crippen LogP contribution in [0.3, 0.4) is 0 Å². The minimum absolute atomic E-state index is 0.134. The fourth-order valence-electron chi connectivity index (χ4n) is 10.2. The van der Waals surface area contributed by atoms with Crippen LogP contribution in [-0.4, -0.2) is 29.5 Å². The van der Waals surface area contributed by atoms with Gasteiger partial charge in [0.05, 0.1) is 28.1 Å². The van der Waals surface area contributed by atoms with Crippen molar-refractivity contribution in [3.63, 3.8) is 0 Å². The summed E-state index contributed by atoms with van der Waals surface area (Å²) < 4.78 is 2.39. The summed E-state index contributed by atoms with van der Waals surface area (Å²) in [5, 5.41) is 2.32. The number of hydrogen-bond acceptors (Lipinski definition) is 5. The van der Waals surface area contributed by atoms with Crippen molar-refractivity contribution in [2.45, 2.75) is 105 Å². The topological polar surface area (TPSA) is 69.4 Å². The summed E-state index contributed by atoms with van der Waals surface area (Å²) in [6.07, 6.45) is 0. The van der Waals surface area contributed by atoms with Crippen LogP contribution in [0.4, 0.5) is 0 Å². The lowest BCUT2D eigenvalue weighted by Crippen LogP contribution is -2.17. The van der Waals surface area contributed by atoms with Gasteiger partial charge in [-0.05, 0) is 116 Å². The molecule has 77 heavy (non-hydrogen) atoms. The van der Waals surface area contributed by atoms with Crippen molar-refractivity contribution < 1.29 is 0 Å². The summed E-state index contributed by atoms with van der Waals surface area (Å²) in [5.74, 6) is 2.44. The first-order valence-electron chi connectivity index (χ1n) is 27.0. The van der Waals surface area contributed by atoms with Crippen molar-refractivity contribution in [1.29, 1.82) is 0 Å². The largest absolute Gasteiger partial charge is 0.309 e. The molecule has 0 spiro atoms. The lowest BCUT2D eigenvalue weighted by Gasteiger charge is -2.26. The molecule has 0 amide bonds. The molecule has 0 aliphatic rings. The molecule has 0 atom stereocenters. The number of benzene rings is 8. The van der Waals surface area contributed by atoms with Crippen LogP contribution in [-0.2, 0) is 21.7 Å². The second-order valence-electron chi connectivity index (χ2n) is 24.8. The molecule has 3 aromatic heterocycles. The maximum atomic E-state index is 5.67. The van der Waals surface area contributed by atoms with Crippen LogP contribution in [0.2, 0.25) is 0 Å². The van der Waals surface area contributed by atoms with Crippen LogP contribution in [0.5, 0.6) is 0 Å². The molecule has 3 heterocycles. The molecular weight excluding hydrogens is 937 g/mol. The molecule has 0 fully saturated rings. The highest BCUT2D eigenvalue weighted by molar-refractivity contribution is 6.11. The molecule has 0 aliphatic heterocycles. The quantitative estimate of drug-likeness (QED) is 0.152. The van der Waals surface area contributed by atoms with E-state index < -0.39 is 0 Å². The Bertz CT molecular complexity index is 3780. The molecule has 6 heteroatoms. The van der Waals surface area contributed by atoms with E-state index >= 15 is 0 Å². The fraction of sp³-hybridized carbons (Fsp3) is 0.225. The Morgan fingerprint density at radius 3 is 1.21 bits per heavy atom. The van der Waals surface area contributed by atoms with E-state index in [4.69, 9.17) is 24.9 Å². The maximum absolute atomic E-state index is 5.67. The van der Waals surface area contributed by atoms with E-state index in [-0.39, 0.29) is 21.7 Å². The molecule has 0 saturated heterocycles. The van der Waals surface area contributed by atoms with Gasteiger partial charge < -0.3 is 4.57 Å². The number of hydrogen-bond donors (Lipinski definition) is 0. The van der Waals surface area contributed by atoms with Crippen LogP contribution in [0.1, 0.15) is 105 Å². The highest BCUT2D eigenvalue weighted by Gasteiger charge is 2.27. The maximum Gasteiger partial charge on any atom is 0.166 e. The smallest absolute Gasteiger partial charge is 0.166 e. The van der Waals surface area contributed by atoms with E-state index in [1.807, 2.05) is 24.3 Å². The second-order valence-corrected chi connectivity index (χ2v) is 24.8. The average Bonchev–Trinajstić information content (AvgIpc) is 3.81. The molecule has 6 nitrogen and oxygen atoms in total. The van der Waals surface area contributed by atoms with Crippen molar-refractivity contribution in [3.8, 4) is 84.9 Å². The van der Waals surface area contributed by atoms with E-state index in [0.29, 0.717) is 23.3 Å². The number of fused-ring (bicyclic) bond motifs is 3. The van der Waals surface area contributed by atoms with Gasteiger partial charge in [0.1, 0.15) is 0 Å². The first-order chi connectivity index (χ1) is 36.7. The molecule has 0 unspecified atom stereocenters. The number of aromatic nitrogens is 6. The third-order valence-electron chi connectivity index (χ3n) is 14.9. The van der Waals surface area contributed by atoms with E-state index in [2.05, 4.69) is 258 Å². The van der Waals surface area contributed by atoms with Crippen molar-refractivity contribution in [2.75, 3.05) is 0 Å².